The summed E-state index contributed by atoms with van der Waals surface area (Å²) in [6.45, 7) is 5.91. The number of nitrogens with zero attached hydrogens (tertiary/aromatic N) is 1. The third-order valence-electron chi connectivity index (χ3n) is 4.60. The summed E-state index contributed by atoms with van der Waals surface area (Å²) in [5.41, 5.74) is 4.52. The summed E-state index contributed by atoms with van der Waals surface area (Å²) in [5.74, 6) is -0.433. The van der Waals surface area contributed by atoms with Gasteiger partial charge in [-0.05, 0) is 49.1 Å². The molecule has 0 bridgehead atoms. The van der Waals surface area contributed by atoms with Gasteiger partial charge < -0.3 is 10.6 Å². The Balaban J connectivity index is 1.70. The molecule has 0 aromatic heterocycles. The van der Waals surface area contributed by atoms with Crippen molar-refractivity contribution >= 4 is 51.7 Å². The van der Waals surface area contributed by atoms with Crippen molar-refractivity contribution < 1.29 is 9.59 Å². The van der Waals surface area contributed by atoms with Gasteiger partial charge in [0, 0.05) is 17.1 Å². The molecule has 2 aromatic carbocycles. The van der Waals surface area contributed by atoms with Crippen LogP contribution in [0.2, 0.25) is 5.02 Å². The molecule has 1 atom stereocenters. The summed E-state index contributed by atoms with van der Waals surface area (Å²) in [5, 5.41) is 6.24. The number of carbonyl (C=O) groups excluding carboxylic acids is 2. The number of aliphatic imine (C=N–C) groups is 1. The maximum Gasteiger partial charge on any atom is 0.240 e. The van der Waals surface area contributed by atoms with Crippen LogP contribution >= 0.6 is 23.4 Å². The number of carbonyl (C=O) groups is 2. The molecule has 2 aromatic rings. The molecule has 3 rings (SSSR count). The normalized spacial score (nSPS) is 17.6. The third kappa shape index (κ3) is 4.56. The van der Waals surface area contributed by atoms with Crippen molar-refractivity contribution in [3.63, 3.8) is 0 Å². The molecule has 1 aliphatic rings. The van der Waals surface area contributed by atoms with Gasteiger partial charge in [0.05, 0.1) is 5.69 Å². The maximum absolute atomic E-state index is 12.4. The Bertz CT molecular complexity index is 959. The average molecular weight is 416 g/mol. The van der Waals surface area contributed by atoms with E-state index < -0.39 is 5.25 Å². The standard InChI is InChI=1S/C21H22ClN3O2S/c1-4-14-8-5-7-12(2)19(14)24-21-25-20(27)17(28-21)11-18(26)23-16-10-6-9-15(22)13(16)3/h5-10,17H,4,11H2,1-3H3,(H,23,26)(H,24,25,27)/t17-/m1/s1. The largest absolute Gasteiger partial charge is 0.326 e. The molecule has 1 fully saturated rings. The van der Waals surface area contributed by atoms with E-state index in [1.165, 1.54) is 11.8 Å². The fourth-order valence-corrected chi connectivity index (χ4v) is 4.12. The van der Waals surface area contributed by atoms with Crippen LogP contribution in [0, 0.1) is 13.8 Å². The fourth-order valence-electron chi connectivity index (χ4n) is 2.97. The van der Waals surface area contributed by atoms with Gasteiger partial charge in [-0.2, -0.15) is 0 Å². The van der Waals surface area contributed by atoms with Crippen molar-refractivity contribution in [2.45, 2.75) is 38.9 Å². The van der Waals surface area contributed by atoms with Gasteiger partial charge in [-0.15, -0.1) is 0 Å². The lowest BCUT2D eigenvalue weighted by atomic mass is 10.1. The van der Waals surface area contributed by atoms with Gasteiger partial charge in [0.2, 0.25) is 11.8 Å². The number of thioether (sulfide) groups is 1. The van der Waals surface area contributed by atoms with Crippen molar-refractivity contribution in [3.8, 4) is 0 Å². The highest BCUT2D eigenvalue weighted by molar-refractivity contribution is 8.15. The summed E-state index contributed by atoms with van der Waals surface area (Å²) >= 11 is 7.38. The van der Waals surface area contributed by atoms with Gasteiger partial charge >= 0.3 is 0 Å². The monoisotopic (exact) mass is 415 g/mol. The van der Waals surface area contributed by atoms with E-state index in [1.807, 2.05) is 32.0 Å². The first-order chi connectivity index (χ1) is 13.4. The predicted molar refractivity (Wildman–Crippen MR) is 117 cm³/mol. The lowest BCUT2D eigenvalue weighted by Crippen LogP contribution is -2.28. The Morgan fingerprint density at radius 3 is 2.75 bits per heavy atom. The maximum atomic E-state index is 12.4. The van der Waals surface area contributed by atoms with Crippen LogP contribution in [0.1, 0.15) is 30.0 Å². The number of rotatable bonds is 5. The molecule has 0 saturated carbocycles. The number of amidine groups is 1. The van der Waals surface area contributed by atoms with Crippen LogP contribution in [0.4, 0.5) is 11.4 Å². The Labute approximate surface area is 174 Å². The number of anilines is 1. The quantitative estimate of drug-likeness (QED) is 0.739. The lowest BCUT2D eigenvalue weighted by Gasteiger charge is -2.10. The second-order valence-corrected chi connectivity index (χ2v) is 8.21. The zero-order valence-electron chi connectivity index (χ0n) is 16.0. The molecule has 7 heteroatoms. The molecular weight excluding hydrogens is 394 g/mol. The van der Waals surface area contributed by atoms with Gasteiger partial charge in [0.1, 0.15) is 5.25 Å². The molecule has 146 valence electrons. The number of halogens is 1. The molecule has 1 heterocycles. The number of hydrogen-bond acceptors (Lipinski definition) is 4. The number of para-hydroxylation sites is 1. The topological polar surface area (TPSA) is 70.6 Å². The molecule has 28 heavy (non-hydrogen) atoms. The number of benzene rings is 2. The van der Waals surface area contributed by atoms with Crippen LogP contribution in [-0.2, 0) is 16.0 Å². The van der Waals surface area contributed by atoms with Gasteiger partial charge in [0.25, 0.3) is 0 Å². The van der Waals surface area contributed by atoms with Crippen molar-refractivity contribution in [2.75, 3.05) is 5.32 Å². The fraction of sp³-hybridized carbons (Fsp3) is 0.286. The molecule has 0 unspecified atom stereocenters. The first-order valence-corrected chi connectivity index (χ1v) is 10.3. The summed E-state index contributed by atoms with van der Waals surface area (Å²) < 4.78 is 0. The van der Waals surface area contributed by atoms with Gasteiger partial charge in [-0.25, -0.2) is 4.99 Å². The SMILES string of the molecule is CCc1cccc(C)c1N=C1NC(=O)[C@@H](CC(=O)Nc2cccc(Cl)c2C)S1. The van der Waals surface area contributed by atoms with E-state index in [1.54, 1.807) is 18.2 Å². The third-order valence-corrected chi connectivity index (χ3v) is 6.10. The summed E-state index contributed by atoms with van der Waals surface area (Å²) in [6, 6.07) is 11.4. The highest BCUT2D eigenvalue weighted by atomic mass is 35.5. The van der Waals surface area contributed by atoms with Crippen molar-refractivity contribution in [1.82, 2.24) is 5.32 Å². The number of hydrogen-bond donors (Lipinski definition) is 2. The van der Waals surface area contributed by atoms with E-state index in [9.17, 15) is 9.59 Å². The smallest absolute Gasteiger partial charge is 0.240 e. The van der Waals surface area contributed by atoms with Crippen molar-refractivity contribution in [2.24, 2.45) is 4.99 Å². The number of amides is 2. The van der Waals surface area contributed by atoms with Crippen molar-refractivity contribution in [3.05, 3.63) is 58.1 Å². The molecule has 0 spiro atoms. The van der Waals surface area contributed by atoms with E-state index in [4.69, 9.17) is 11.6 Å². The lowest BCUT2D eigenvalue weighted by molar-refractivity contribution is -0.122. The van der Waals surface area contributed by atoms with Gasteiger partial charge in [-0.3, -0.25) is 9.59 Å². The molecule has 2 amide bonds. The Hall–Kier alpha value is -2.31. The summed E-state index contributed by atoms with van der Waals surface area (Å²) in [6.07, 6.45) is 0.924. The first kappa shape index (κ1) is 20.4. The molecular formula is C21H22ClN3O2S. The Kier molecular flexibility index (Phi) is 6.42. The van der Waals surface area contributed by atoms with Crippen LogP contribution in [0.3, 0.4) is 0 Å². The molecule has 1 saturated heterocycles. The molecule has 1 aliphatic heterocycles. The average Bonchev–Trinajstić information content (AvgIpc) is 2.99. The van der Waals surface area contributed by atoms with E-state index in [0.717, 1.165) is 28.8 Å². The van der Waals surface area contributed by atoms with E-state index in [0.29, 0.717) is 15.9 Å². The van der Waals surface area contributed by atoms with Crippen LogP contribution in [0.15, 0.2) is 41.4 Å². The second kappa shape index (κ2) is 8.80. The Morgan fingerprint density at radius 2 is 2.00 bits per heavy atom. The van der Waals surface area contributed by atoms with E-state index in [2.05, 4.69) is 22.5 Å². The second-order valence-electron chi connectivity index (χ2n) is 6.61. The number of nitrogens with one attached hydrogen (secondary N) is 2. The predicted octanol–water partition coefficient (Wildman–Crippen LogP) is 4.77. The Morgan fingerprint density at radius 1 is 1.25 bits per heavy atom. The van der Waals surface area contributed by atoms with Crippen LogP contribution in [0.5, 0.6) is 0 Å². The zero-order valence-corrected chi connectivity index (χ0v) is 17.6. The highest BCUT2D eigenvalue weighted by Crippen LogP contribution is 2.30. The van der Waals surface area contributed by atoms with Crippen LogP contribution in [0.25, 0.3) is 0 Å². The molecule has 2 N–H and O–H groups in total. The zero-order chi connectivity index (χ0) is 20.3. The number of aryl methyl sites for hydroxylation is 2. The van der Waals surface area contributed by atoms with E-state index in [-0.39, 0.29) is 18.2 Å². The van der Waals surface area contributed by atoms with Crippen LogP contribution in [-0.4, -0.2) is 22.2 Å². The van der Waals surface area contributed by atoms with Gasteiger partial charge in [0.15, 0.2) is 5.17 Å². The minimum absolute atomic E-state index is 0.0654. The van der Waals surface area contributed by atoms with E-state index >= 15 is 0 Å². The minimum Gasteiger partial charge on any atom is -0.326 e. The summed E-state index contributed by atoms with van der Waals surface area (Å²) in [7, 11) is 0. The molecule has 0 radical (unpaired) electrons. The first-order valence-electron chi connectivity index (χ1n) is 9.08. The molecule has 0 aliphatic carbocycles. The summed E-state index contributed by atoms with van der Waals surface area (Å²) in [4.78, 5) is 29.4. The van der Waals surface area contributed by atoms with Gasteiger partial charge in [-0.1, -0.05) is 54.6 Å². The highest BCUT2D eigenvalue weighted by Gasteiger charge is 2.32. The van der Waals surface area contributed by atoms with Crippen LogP contribution < -0.4 is 10.6 Å². The minimum atomic E-state index is -0.507. The van der Waals surface area contributed by atoms with Crippen molar-refractivity contribution in [1.29, 1.82) is 0 Å². The molecule has 5 nitrogen and oxygen atoms in total.